The predicted molar refractivity (Wildman–Crippen MR) is 113 cm³/mol. The van der Waals surface area contributed by atoms with Gasteiger partial charge in [0.25, 0.3) is 0 Å². The van der Waals surface area contributed by atoms with Crippen molar-refractivity contribution in [2.45, 2.75) is 25.7 Å². The lowest BCUT2D eigenvalue weighted by molar-refractivity contribution is 0.182. The number of ether oxygens (including phenoxy) is 2. The van der Waals surface area contributed by atoms with Crippen LogP contribution in [0.4, 0.5) is 0 Å². The molecule has 1 saturated heterocycles. The number of rotatable bonds is 7. The van der Waals surface area contributed by atoms with Crippen molar-refractivity contribution in [1.29, 1.82) is 0 Å². The zero-order chi connectivity index (χ0) is 19.3. The minimum atomic E-state index is 0.660. The Kier molecular flexibility index (Phi) is 6.08. The fourth-order valence-corrected chi connectivity index (χ4v) is 3.88. The molecular weight excluding hydrogens is 374 g/mol. The third kappa shape index (κ3) is 4.45. The van der Waals surface area contributed by atoms with Gasteiger partial charge in [-0.3, -0.25) is 4.90 Å². The van der Waals surface area contributed by atoms with E-state index < -0.39 is 0 Å². The summed E-state index contributed by atoms with van der Waals surface area (Å²) in [4.78, 5) is 2.48. The maximum absolute atomic E-state index is 6.26. The molecule has 1 aliphatic rings. The van der Waals surface area contributed by atoms with Gasteiger partial charge in [-0.1, -0.05) is 30.2 Å². The lowest BCUT2D eigenvalue weighted by Gasteiger charge is -2.26. The largest absolute Gasteiger partial charge is 0.497 e. The van der Waals surface area contributed by atoms with Gasteiger partial charge >= 0.3 is 0 Å². The van der Waals surface area contributed by atoms with Gasteiger partial charge in [0.05, 0.1) is 12.5 Å². The van der Waals surface area contributed by atoms with Gasteiger partial charge in [-0.2, -0.15) is 0 Å². The summed E-state index contributed by atoms with van der Waals surface area (Å²) in [7, 11) is 1.66. The summed E-state index contributed by atoms with van der Waals surface area (Å²) in [6, 6.07) is 13.7. The first-order valence-corrected chi connectivity index (χ1v) is 10.3. The van der Waals surface area contributed by atoms with Crippen LogP contribution in [0.15, 0.2) is 46.9 Å². The Hall–Kier alpha value is -2.17. The maximum Gasteiger partial charge on any atom is 0.168 e. The van der Waals surface area contributed by atoms with Gasteiger partial charge in [-0.05, 0) is 55.8 Å². The third-order valence-corrected chi connectivity index (χ3v) is 5.55. The van der Waals surface area contributed by atoms with E-state index >= 15 is 0 Å². The van der Waals surface area contributed by atoms with E-state index in [1.165, 1.54) is 32.4 Å². The fraction of sp³-hybridized carbons (Fsp3) is 0.391. The van der Waals surface area contributed by atoms with Crippen molar-refractivity contribution in [2.75, 3.05) is 33.4 Å². The van der Waals surface area contributed by atoms with Crippen LogP contribution in [0.5, 0.6) is 11.5 Å². The number of hydrogen-bond donors (Lipinski definition) is 0. The van der Waals surface area contributed by atoms with Crippen LogP contribution in [-0.2, 0) is 6.42 Å². The van der Waals surface area contributed by atoms with E-state index in [2.05, 4.69) is 4.90 Å². The van der Waals surface area contributed by atoms with Crippen molar-refractivity contribution in [3.8, 4) is 11.5 Å². The first kappa shape index (κ1) is 19.2. The van der Waals surface area contributed by atoms with Crippen LogP contribution in [0.25, 0.3) is 11.0 Å². The van der Waals surface area contributed by atoms with Gasteiger partial charge in [0.2, 0.25) is 0 Å². The number of fused-ring (bicyclic) bond motifs is 1. The summed E-state index contributed by atoms with van der Waals surface area (Å²) >= 11 is 6.02. The summed E-state index contributed by atoms with van der Waals surface area (Å²) in [6.07, 6.45) is 4.58. The topological polar surface area (TPSA) is 34.8 Å². The van der Waals surface area contributed by atoms with E-state index in [0.717, 1.165) is 45.4 Å². The minimum Gasteiger partial charge on any atom is -0.497 e. The number of halogens is 1. The molecule has 0 atom stereocenters. The molecule has 1 aromatic heterocycles. The Morgan fingerprint density at radius 1 is 1.04 bits per heavy atom. The average molecular weight is 400 g/mol. The van der Waals surface area contributed by atoms with Crippen LogP contribution in [0.2, 0.25) is 5.02 Å². The van der Waals surface area contributed by atoms with Gasteiger partial charge in [-0.15, -0.1) is 0 Å². The number of piperidine rings is 1. The van der Waals surface area contributed by atoms with Crippen LogP contribution in [0.1, 0.15) is 30.6 Å². The SMILES string of the molecule is COc1ccc2c(OCCN3CCCCC3)c(Cc3ccc(Cl)cc3)oc2c1. The highest BCUT2D eigenvalue weighted by Crippen LogP contribution is 2.36. The van der Waals surface area contributed by atoms with Crippen molar-refractivity contribution in [3.63, 3.8) is 0 Å². The van der Waals surface area contributed by atoms with Crippen molar-refractivity contribution in [3.05, 3.63) is 58.8 Å². The average Bonchev–Trinajstić information content (AvgIpc) is 3.06. The van der Waals surface area contributed by atoms with Crippen molar-refractivity contribution in [2.24, 2.45) is 0 Å². The molecule has 28 heavy (non-hydrogen) atoms. The zero-order valence-corrected chi connectivity index (χ0v) is 17.0. The molecule has 0 amide bonds. The highest BCUT2D eigenvalue weighted by molar-refractivity contribution is 6.30. The molecule has 0 spiro atoms. The maximum atomic E-state index is 6.26. The molecule has 0 N–H and O–H groups in total. The van der Waals surface area contributed by atoms with Crippen LogP contribution >= 0.6 is 11.6 Å². The zero-order valence-electron chi connectivity index (χ0n) is 16.2. The number of hydrogen-bond acceptors (Lipinski definition) is 4. The first-order valence-electron chi connectivity index (χ1n) is 9.92. The van der Waals surface area contributed by atoms with E-state index in [0.29, 0.717) is 13.0 Å². The number of methoxy groups -OCH3 is 1. The molecule has 4 rings (SSSR count). The second-order valence-corrected chi connectivity index (χ2v) is 7.71. The van der Waals surface area contributed by atoms with E-state index in [9.17, 15) is 0 Å². The molecule has 0 saturated carbocycles. The predicted octanol–water partition coefficient (Wildman–Crippen LogP) is 5.55. The molecular formula is C23H26ClNO3. The normalized spacial score (nSPS) is 15.1. The van der Waals surface area contributed by atoms with Gasteiger partial charge in [0.1, 0.15) is 17.9 Å². The Labute approximate surface area is 171 Å². The summed E-state index contributed by atoms with van der Waals surface area (Å²) in [5.41, 5.74) is 1.92. The van der Waals surface area contributed by atoms with Gasteiger partial charge in [-0.25, -0.2) is 0 Å². The number of benzene rings is 2. The molecule has 3 aromatic rings. The van der Waals surface area contributed by atoms with E-state index in [-0.39, 0.29) is 0 Å². The third-order valence-electron chi connectivity index (χ3n) is 5.30. The van der Waals surface area contributed by atoms with Gasteiger partial charge < -0.3 is 13.9 Å². The van der Waals surface area contributed by atoms with Crippen LogP contribution in [-0.4, -0.2) is 38.3 Å². The van der Waals surface area contributed by atoms with Crippen LogP contribution in [0, 0.1) is 0 Å². The molecule has 0 unspecified atom stereocenters. The fourth-order valence-electron chi connectivity index (χ4n) is 3.75. The molecule has 4 nitrogen and oxygen atoms in total. The smallest absolute Gasteiger partial charge is 0.168 e. The van der Waals surface area contributed by atoms with Crippen molar-refractivity contribution in [1.82, 2.24) is 4.90 Å². The summed E-state index contributed by atoms with van der Waals surface area (Å²) in [5, 5.41) is 1.72. The Bertz CT molecular complexity index is 913. The Balaban J connectivity index is 1.56. The monoisotopic (exact) mass is 399 g/mol. The summed E-state index contributed by atoms with van der Waals surface area (Å²) < 4.78 is 17.8. The van der Waals surface area contributed by atoms with Crippen LogP contribution < -0.4 is 9.47 Å². The van der Waals surface area contributed by atoms with Crippen molar-refractivity contribution < 1.29 is 13.9 Å². The van der Waals surface area contributed by atoms with E-state index in [1.54, 1.807) is 7.11 Å². The second-order valence-electron chi connectivity index (χ2n) is 7.27. The number of furan rings is 1. The molecule has 2 aromatic carbocycles. The number of nitrogens with zero attached hydrogens (tertiary/aromatic N) is 1. The number of likely N-dealkylation sites (tertiary alicyclic amines) is 1. The molecule has 1 aliphatic heterocycles. The second kappa shape index (κ2) is 8.89. The molecule has 0 aliphatic carbocycles. The van der Waals surface area contributed by atoms with Crippen molar-refractivity contribution >= 4 is 22.6 Å². The minimum absolute atomic E-state index is 0.660. The highest BCUT2D eigenvalue weighted by Gasteiger charge is 2.18. The Morgan fingerprint density at radius 3 is 2.57 bits per heavy atom. The molecule has 1 fully saturated rings. The lowest BCUT2D eigenvalue weighted by atomic mass is 10.1. The highest BCUT2D eigenvalue weighted by atomic mass is 35.5. The molecule has 5 heteroatoms. The van der Waals surface area contributed by atoms with Crippen LogP contribution in [0.3, 0.4) is 0 Å². The summed E-state index contributed by atoms with van der Waals surface area (Å²) in [5.74, 6) is 2.45. The first-order chi connectivity index (χ1) is 13.7. The van der Waals surface area contributed by atoms with E-state index in [1.807, 2.05) is 42.5 Å². The van der Waals surface area contributed by atoms with Gasteiger partial charge in [0, 0.05) is 24.1 Å². The molecule has 148 valence electrons. The molecule has 0 radical (unpaired) electrons. The van der Waals surface area contributed by atoms with E-state index in [4.69, 9.17) is 25.5 Å². The quantitative estimate of drug-likeness (QED) is 0.521. The lowest BCUT2D eigenvalue weighted by Crippen LogP contribution is -2.33. The molecule has 0 bridgehead atoms. The summed E-state index contributed by atoms with van der Waals surface area (Å²) in [6.45, 7) is 3.95. The van der Waals surface area contributed by atoms with Gasteiger partial charge in [0.15, 0.2) is 11.5 Å². The Morgan fingerprint density at radius 2 is 1.82 bits per heavy atom. The molecule has 2 heterocycles. The standard InChI is InChI=1S/C23H26ClNO3/c1-26-19-9-10-20-21(16-19)28-22(15-17-5-7-18(24)8-6-17)23(20)27-14-13-25-11-3-2-4-12-25/h5-10,16H,2-4,11-15H2,1H3.